The van der Waals surface area contributed by atoms with Crippen LogP contribution in [-0.2, 0) is 6.18 Å². The van der Waals surface area contributed by atoms with Crippen LogP contribution in [0.5, 0.6) is 0 Å². The first-order chi connectivity index (χ1) is 12.7. The summed E-state index contributed by atoms with van der Waals surface area (Å²) in [6.07, 6.45) is -1.68. The van der Waals surface area contributed by atoms with Crippen LogP contribution in [0.4, 0.5) is 19.0 Å². The largest absolute Gasteiger partial charge is 0.419 e. The van der Waals surface area contributed by atoms with Gasteiger partial charge >= 0.3 is 6.18 Å². The molecule has 1 unspecified atom stereocenters. The minimum Gasteiger partial charge on any atom is -0.354 e. The zero-order chi connectivity index (χ0) is 19.8. The molecule has 0 saturated carbocycles. The first-order valence-electron chi connectivity index (χ1n) is 8.67. The summed E-state index contributed by atoms with van der Waals surface area (Å²) >= 11 is 1.35. The van der Waals surface area contributed by atoms with E-state index in [-0.39, 0.29) is 17.8 Å². The van der Waals surface area contributed by atoms with Gasteiger partial charge in [0.05, 0.1) is 16.3 Å². The Morgan fingerprint density at radius 1 is 1.37 bits per heavy atom. The minimum absolute atomic E-state index is 0.103. The Morgan fingerprint density at radius 2 is 2.11 bits per heavy atom. The van der Waals surface area contributed by atoms with Gasteiger partial charge in [-0.2, -0.15) is 13.2 Å². The molecule has 1 fully saturated rings. The molecule has 0 aliphatic carbocycles. The summed E-state index contributed by atoms with van der Waals surface area (Å²) in [4.78, 5) is 25.0. The van der Waals surface area contributed by atoms with E-state index in [4.69, 9.17) is 0 Å². The molecule has 1 saturated heterocycles. The predicted octanol–water partition coefficient (Wildman–Crippen LogP) is 3.91. The molecule has 146 valence electrons. The lowest BCUT2D eigenvalue weighted by molar-refractivity contribution is -0.137. The molecule has 1 amide bonds. The van der Waals surface area contributed by atoms with Crippen LogP contribution < -0.4 is 4.90 Å². The summed E-state index contributed by atoms with van der Waals surface area (Å²) in [5.41, 5.74) is -0.0630. The summed E-state index contributed by atoms with van der Waals surface area (Å²) in [6.45, 7) is 4.60. The Morgan fingerprint density at radius 3 is 2.74 bits per heavy atom. The molecule has 27 heavy (non-hydrogen) atoms. The lowest BCUT2D eigenvalue weighted by Crippen LogP contribution is -2.49. The third-order valence-corrected chi connectivity index (χ3v) is 5.82. The first kappa shape index (κ1) is 19.6. The summed E-state index contributed by atoms with van der Waals surface area (Å²) in [5, 5.41) is 0.824. The Hall–Kier alpha value is -2.16. The van der Waals surface area contributed by atoms with Gasteiger partial charge in [0.25, 0.3) is 5.91 Å². The van der Waals surface area contributed by atoms with Crippen molar-refractivity contribution in [1.29, 1.82) is 0 Å². The number of hydrogen-bond donors (Lipinski definition) is 0. The van der Waals surface area contributed by atoms with E-state index < -0.39 is 11.7 Å². The van der Waals surface area contributed by atoms with E-state index in [1.165, 1.54) is 23.6 Å². The van der Waals surface area contributed by atoms with Gasteiger partial charge in [0.15, 0.2) is 0 Å². The fourth-order valence-corrected chi connectivity index (χ4v) is 4.29. The van der Waals surface area contributed by atoms with Gasteiger partial charge in [-0.15, -0.1) is 11.3 Å². The van der Waals surface area contributed by atoms with Gasteiger partial charge in [-0.3, -0.25) is 4.79 Å². The van der Waals surface area contributed by atoms with Crippen LogP contribution in [0.1, 0.15) is 38.8 Å². The van der Waals surface area contributed by atoms with Crippen molar-refractivity contribution in [3.63, 3.8) is 0 Å². The second-order valence-corrected chi connectivity index (χ2v) is 7.88. The summed E-state index contributed by atoms with van der Waals surface area (Å²) in [6, 6.07) is 2.09. The van der Waals surface area contributed by atoms with Crippen molar-refractivity contribution in [3.05, 3.63) is 39.5 Å². The van der Waals surface area contributed by atoms with Gasteiger partial charge < -0.3 is 9.80 Å². The standard InChI is InChI=1S/C18H21F3N4OS/c1-11-15(27-12(2)23-11)17(26)25-9-5-6-13(10-25)24(3)16-14(18(19,20)21)7-4-8-22-16/h4,7-8,13H,5-6,9-10H2,1-3H3. The van der Waals surface area contributed by atoms with Gasteiger partial charge in [-0.25, -0.2) is 9.97 Å². The number of hydrogen-bond acceptors (Lipinski definition) is 5. The number of likely N-dealkylation sites (tertiary alicyclic amines) is 1. The van der Waals surface area contributed by atoms with Crippen molar-refractivity contribution in [2.45, 2.75) is 38.9 Å². The van der Waals surface area contributed by atoms with Crippen molar-refractivity contribution >= 4 is 23.1 Å². The number of amides is 1. The van der Waals surface area contributed by atoms with E-state index >= 15 is 0 Å². The Bertz CT molecular complexity index is 836. The highest BCUT2D eigenvalue weighted by atomic mass is 32.1. The molecule has 1 atom stereocenters. The molecule has 0 radical (unpaired) electrons. The molecule has 5 nitrogen and oxygen atoms in total. The number of carbonyl (C=O) groups excluding carboxylic acids is 1. The van der Waals surface area contributed by atoms with Crippen LogP contribution in [-0.4, -0.2) is 47.0 Å². The number of aryl methyl sites for hydroxylation is 2. The number of halogens is 3. The molecule has 0 aromatic carbocycles. The van der Waals surface area contributed by atoms with Crippen molar-refractivity contribution in [3.8, 4) is 0 Å². The van der Waals surface area contributed by atoms with Crippen LogP contribution in [0, 0.1) is 13.8 Å². The van der Waals surface area contributed by atoms with Gasteiger partial charge in [0.1, 0.15) is 10.7 Å². The summed E-state index contributed by atoms with van der Waals surface area (Å²) in [7, 11) is 1.61. The average Bonchev–Trinajstić information content (AvgIpc) is 2.98. The number of alkyl halides is 3. The highest BCUT2D eigenvalue weighted by Crippen LogP contribution is 2.36. The number of aromatic nitrogens is 2. The second-order valence-electron chi connectivity index (χ2n) is 6.68. The second kappa shape index (κ2) is 7.46. The number of nitrogens with zero attached hydrogens (tertiary/aromatic N) is 4. The van der Waals surface area contributed by atoms with E-state index in [0.29, 0.717) is 30.1 Å². The van der Waals surface area contributed by atoms with Gasteiger partial charge in [0.2, 0.25) is 0 Å². The van der Waals surface area contributed by atoms with Crippen molar-refractivity contribution in [1.82, 2.24) is 14.9 Å². The topological polar surface area (TPSA) is 49.3 Å². The quantitative estimate of drug-likeness (QED) is 0.787. The highest BCUT2D eigenvalue weighted by molar-refractivity contribution is 7.13. The molecule has 0 bridgehead atoms. The van der Waals surface area contributed by atoms with Crippen LogP contribution in [0.25, 0.3) is 0 Å². The van der Waals surface area contributed by atoms with E-state index in [1.54, 1.807) is 23.8 Å². The van der Waals surface area contributed by atoms with Crippen molar-refractivity contribution in [2.75, 3.05) is 25.0 Å². The lowest BCUT2D eigenvalue weighted by atomic mass is 10.0. The van der Waals surface area contributed by atoms with E-state index in [1.807, 2.05) is 6.92 Å². The minimum atomic E-state index is -4.47. The summed E-state index contributed by atoms with van der Waals surface area (Å²) in [5.74, 6) is -0.206. The van der Waals surface area contributed by atoms with Gasteiger partial charge in [-0.1, -0.05) is 0 Å². The number of carbonyl (C=O) groups is 1. The molecule has 9 heteroatoms. The third kappa shape index (κ3) is 4.07. The first-order valence-corrected chi connectivity index (χ1v) is 9.48. The molecular formula is C18H21F3N4OS. The number of anilines is 1. The molecule has 3 heterocycles. The van der Waals surface area contributed by atoms with Crippen molar-refractivity contribution in [2.24, 2.45) is 0 Å². The SMILES string of the molecule is Cc1nc(C)c(C(=O)N2CCCC(N(C)c3ncccc3C(F)(F)F)C2)s1. The number of pyridine rings is 1. The van der Waals surface area contributed by atoms with Gasteiger partial charge in [0, 0.05) is 32.4 Å². The molecular weight excluding hydrogens is 377 g/mol. The van der Waals surface area contributed by atoms with E-state index in [2.05, 4.69) is 9.97 Å². The van der Waals surface area contributed by atoms with Crippen LogP contribution in [0.2, 0.25) is 0 Å². The normalized spacial score (nSPS) is 17.9. The predicted molar refractivity (Wildman–Crippen MR) is 98.2 cm³/mol. The van der Waals surface area contributed by atoms with Crippen LogP contribution in [0.3, 0.4) is 0 Å². The number of rotatable bonds is 3. The fraction of sp³-hybridized carbons (Fsp3) is 0.500. The van der Waals surface area contributed by atoms with E-state index in [9.17, 15) is 18.0 Å². The Kier molecular flexibility index (Phi) is 5.41. The van der Waals surface area contributed by atoms with Crippen LogP contribution in [0.15, 0.2) is 18.3 Å². The maximum absolute atomic E-state index is 13.3. The molecule has 3 rings (SSSR count). The smallest absolute Gasteiger partial charge is 0.354 e. The maximum Gasteiger partial charge on any atom is 0.419 e. The van der Waals surface area contributed by atoms with Gasteiger partial charge in [-0.05, 0) is 38.8 Å². The Labute approximate surface area is 159 Å². The molecule has 2 aromatic rings. The molecule has 0 N–H and O–H groups in total. The summed E-state index contributed by atoms with van der Waals surface area (Å²) < 4.78 is 39.9. The monoisotopic (exact) mass is 398 g/mol. The number of likely N-dealkylation sites (N-methyl/N-ethyl adjacent to an activating group) is 1. The Balaban J connectivity index is 1.81. The number of thiazole rings is 1. The molecule has 1 aliphatic rings. The molecule has 2 aromatic heterocycles. The number of piperidine rings is 1. The fourth-order valence-electron chi connectivity index (χ4n) is 3.40. The van der Waals surface area contributed by atoms with Crippen LogP contribution >= 0.6 is 11.3 Å². The maximum atomic E-state index is 13.3. The molecule has 0 spiro atoms. The molecule has 1 aliphatic heterocycles. The average molecular weight is 398 g/mol. The highest BCUT2D eigenvalue weighted by Gasteiger charge is 2.37. The lowest BCUT2D eigenvalue weighted by Gasteiger charge is -2.38. The van der Waals surface area contributed by atoms with E-state index in [0.717, 1.165) is 17.5 Å². The van der Waals surface area contributed by atoms with Crippen molar-refractivity contribution < 1.29 is 18.0 Å². The zero-order valence-corrected chi connectivity index (χ0v) is 16.2. The third-order valence-electron chi connectivity index (χ3n) is 4.76. The zero-order valence-electron chi connectivity index (χ0n) is 15.4.